The van der Waals surface area contributed by atoms with E-state index >= 15 is 0 Å². The molecular formula is C17H14ClN3O. The molecule has 2 aromatic rings. The first-order valence-corrected chi connectivity index (χ1v) is 7.14. The summed E-state index contributed by atoms with van der Waals surface area (Å²) in [6.07, 6.45) is 3.18. The van der Waals surface area contributed by atoms with E-state index in [1.807, 2.05) is 36.4 Å². The van der Waals surface area contributed by atoms with Crippen molar-refractivity contribution in [1.29, 1.82) is 0 Å². The van der Waals surface area contributed by atoms with Crippen LogP contribution < -0.4 is 10.6 Å². The molecule has 0 saturated carbocycles. The summed E-state index contributed by atoms with van der Waals surface area (Å²) < 4.78 is 0. The van der Waals surface area contributed by atoms with Crippen LogP contribution in [0.15, 0.2) is 70.8 Å². The van der Waals surface area contributed by atoms with Gasteiger partial charge in [-0.3, -0.25) is 10.2 Å². The highest BCUT2D eigenvalue weighted by Gasteiger charge is 2.12. The Labute approximate surface area is 133 Å². The van der Waals surface area contributed by atoms with Crippen LogP contribution in [0.25, 0.3) is 5.70 Å². The Balaban J connectivity index is 2.46. The maximum Gasteiger partial charge on any atom is 0.149 e. The maximum atomic E-state index is 10.4. The van der Waals surface area contributed by atoms with Gasteiger partial charge in [0.2, 0.25) is 0 Å². The van der Waals surface area contributed by atoms with Gasteiger partial charge in [-0.2, -0.15) is 0 Å². The third kappa shape index (κ3) is 2.79. The smallest absolute Gasteiger partial charge is 0.149 e. The Morgan fingerprint density at radius 1 is 1.14 bits per heavy atom. The molecule has 22 heavy (non-hydrogen) atoms. The van der Waals surface area contributed by atoms with Crippen LogP contribution in [-0.4, -0.2) is 23.2 Å². The predicted molar refractivity (Wildman–Crippen MR) is 87.3 cm³/mol. The van der Waals surface area contributed by atoms with Gasteiger partial charge in [0.15, 0.2) is 0 Å². The average Bonchev–Trinajstić information content (AvgIpc) is 2.53. The van der Waals surface area contributed by atoms with Crippen molar-refractivity contribution in [2.75, 3.05) is 7.05 Å². The second kappa shape index (κ2) is 6.13. The summed E-state index contributed by atoms with van der Waals surface area (Å²) in [5.41, 5.74) is 1.48. The van der Waals surface area contributed by atoms with Gasteiger partial charge in [0.05, 0.1) is 11.1 Å². The Morgan fingerprint density at radius 3 is 2.64 bits per heavy atom. The number of benzene rings is 2. The van der Waals surface area contributed by atoms with Gasteiger partial charge in [-0.25, -0.2) is 10.1 Å². The molecule has 0 radical (unpaired) electrons. The molecule has 0 atom stereocenters. The lowest BCUT2D eigenvalue weighted by molar-refractivity contribution is 0.0242. The Morgan fingerprint density at radius 2 is 1.91 bits per heavy atom. The molecular weight excluding hydrogens is 298 g/mol. The molecule has 0 unspecified atom stereocenters. The Kier molecular flexibility index (Phi) is 4.04. The first-order chi connectivity index (χ1) is 10.7. The highest BCUT2D eigenvalue weighted by molar-refractivity contribution is 6.30. The number of hydrogen-bond acceptors (Lipinski definition) is 3. The van der Waals surface area contributed by atoms with Gasteiger partial charge in [0.1, 0.15) is 5.84 Å². The highest BCUT2D eigenvalue weighted by atomic mass is 35.5. The molecule has 5 heteroatoms. The van der Waals surface area contributed by atoms with E-state index in [1.165, 1.54) is 6.20 Å². The Bertz CT molecular complexity index is 873. The molecule has 1 heterocycles. The van der Waals surface area contributed by atoms with E-state index in [9.17, 15) is 5.21 Å². The van der Waals surface area contributed by atoms with E-state index in [-0.39, 0.29) is 0 Å². The highest BCUT2D eigenvalue weighted by Crippen LogP contribution is 2.15. The largest absolute Gasteiger partial charge is 0.284 e. The van der Waals surface area contributed by atoms with Crippen LogP contribution in [0.1, 0.15) is 5.56 Å². The summed E-state index contributed by atoms with van der Waals surface area (Å²) in [6, 6.07) is 15.0. The molecule has 4 nitrogen and oxygen atoms in total. The summed E-state index contributed by atoms with van der Waals surface area (Å²) in [6.45, 7) is 0. The van der Waals surface area contributed by atoms with Crippen LogP contribution in [0.2, 0.25) is 5.02 Å². The van der Waals surface area contributed by atoms with E-state index < -0.39 is 0 Å². The van der Waals surface area contributed by atoms with Gasteiger partial charge in [-0.05, 0) is 18.2 Å². The van der Waals surface area contributed by atoms with E-state index in [0.29, 0.717) is 21.9 Å². The number of aliphatic imine (C=N–C) groups is 1. The lowest BCUT2D eigenvalue weighted by Crippen LogP contribution is -2.34. The molecule has 110 valence electrons. The SMILES string of the molecule is CN=C1C=CN(O)C(c2ccccc2)=c2cc(Cl)ccc2=N1. The quantitative estimate of drug-likeness (QED) is 0.879. The van der Waals surface area contributed by atoms with Gasteiger partial charge in [-0.1, -0.05) is 41.9 Å². The molecule has 0 bridgehead atoms. The summed E-state index contributed by atoms with van der Waals surface area (Å²) >= 11 is 6.14. The number of rotatable bonds is 1. The van der Waals surface area contributed by atoms with Gasteiger partial charge in [-0.15, -0.1) is 0 Å². The monoisotopic (exact) mass is 311 g/mol. The standard InChI is InChI=1S/C17H14ClN3O/c1-19-16-9-10-21(22)17(12-5-3-2-4-6-12)14-11-13(18)7-8-15(14)20-16/h2-11,22H,1H3. The van der Waals surface area contributed by atoms with Crippen molar-refractivity contribution < 1.29 is 5.21 Å². The van der Waals surface area contributed by atoms with E-state index in [4.69, 9.17) is 11.6 Å². The van der Waals surface area contributed by atoms with Crippen molar-refractivity contribution in [2.45, 2.75) is 0 Å². The zero-order valence-corrected chi connectivity index (χ0v) is 12.7. The molecule has 1 aliphatic heterocycles. The van der Waals surface area contributed by atoms with Crippen molar-refractivity contribution in [1.82, 2.24) is 5.06 Å². The third-order valence-electron chi connectivity index (χ3n) is 3.32. The summed E-state index contributed by atoms with van der Waals surface area (Å²) in [5.74, 6) is 0.523. The lowest BCUT2D eigenvalue weighted by atomic mass is 10.1. The third-order valence-corrected chi connectivity index (χ3v) is 3.55. The van der Waals surface area contributed by atoms with E-state index in [2.05, 4.69) is 9.98 Å². The van der Waals surface area contributed by atoms with Crippen molar-refractivity contribution >= 4 is 23.1 Å². The lowest BCUT2D eigenvalue weighted by Gasteiger charge is -2.18. The van der Waals surface area contributed by atoms with Crippen LogP contribution in [0.4, 0.5) is 0 Å². The van der Waals surface area contributed by atoms with Gasteiger partial charge in [0, 0.05) is 35.1 Å². The zero-order valence-electron chi connectivity index (χ0n) is 11.9. The molecule has 2 aromatic carbocycles. The van der Waals surface area contributed by atoms with Crippen molar-refractivity contribution in [2.24, 2.45) is 9.98 Å². The second-order valence-electron chi connectivity index (χ2n) is 4.73. The zero-order chi connectivity index (χ0) is 15.5. The number of hydroxylamine groups is 2. The first kappa shape index (κ1) is 14.5. The summed E-state index contributed by atoms with van der Waals surface area (Å²) in [5, 5.41) is 13.5. The molecule has 1 aliphatic rings. The van der Waals surface area contributed by atoms with Crippen LogP contribution in [0.3, 0.4) is 0 Å². The van der Waals surface area contributed by atoms with E-state index in [0.717, 1.165) is 15.8 Å². The minimum absolute atomic E-state index is 0.523. The van der Waals surface area contributed by atoms with Crippen LogP contribution in [-0.2, 0) is 0 Å². The topological polar surface area (TPSA) is 48.2 Å². The fourth-order valence-corrected chi connectivity index (χ4v) is 2.47. The van der Waals surface area contributed by atoms with Crippen LogP contribution >= 0.6 is 11.6 Å². The van der Waals surface area contributed by atoms with Crippen molar-refractivity contribution in [3.05, 3.63) is 82.0 Å². The average molecular weight is 312 g/mol. The summed E-state index contributed by atoms with van der Waals surface area (Å²) in [4.78, 5) is 8.60. The molecule has 3 rings (SSSR count). The molecule has 0 saturated heterocycles. The predicted octanol–water partition coefficient (Wildman–Crippen LogP) is 2.36. The van der Waals surface area contributed by atoms with Crippen LogP contribution in [0, 0.1) is 0 Å². The Hall–Kier alpha value is -2.43. The minimum atomic E-state index is 0.523. The normalized spacial score (nSPS) is 16.0. The first-order valence-electron chi connectivity index (χ1n) is 6.76. The van der Waals surface area contributed by atoms with Crippen molar-refractivity contribution in [3.63, 3.8) is 0 Å². The van der Waals surface area contributed by atoms with Gasteiger partial charge in [0.25, 0.3) is 0 Å². The molecule has 1 N–H and O–H groups in total. The molecule has 0 fully saturated rings. The maximum absolute atomic E-state index is 10.4. The van der Waals surface area contributed by atoms with Crippen molar-refractivity contribution in [3.8, 4) is 0 Å². The second-order valence-corrected chi connectivity index (χ2v) is 5.17. The van der Waals surface area contributed by atoms with E-state index in [1.54, 1.807) is 25.3 Å². The van der Waals surface area contributed by atoms with Gasteiger partial charge >= 0.3 is 0 Å². The fourth-order valence-electron chi connectivity index (χ4n) is 2.30. The number of hydrogen-bond donors (Lipinski definition) is 1. The number of amidine groups is 1. The number of halogens is 1. The fraction of sp³-hybridized carbons (Fsp3) is 0.0588. The molecule has 0 amide bonds. The summed E-state index contributed by atoms with van der Waals surface area (Å²) in [7, 11) is 1.66. The number of fused-ring (bicyclic) bond motifs is 1. The molecule has 0 aliphatic carbocycles. The minimum Gasteiger partial charge on any atom is -0.284 e. The number of nitrogens with zero attached hydrogens (tertiary/aromatic N) is 3. The van der Waals surface area contributed by atoms with Gasteiger partial charge < -0.3 is 0 Å². The van der Waals surface area contributed by atoms with Crippen LogP contribution in [0.5, 0.6) is 0 Å². The molecule has 0 aromatic heterocycles. The molecule has 0 spiro atoms.